The molecule has 2 aliphatic rings. The molecule has 0 spiro atoms. The first kappa shape index (κ1) is 28.9. The number of amides is 2. The summed E-state index contributed by atoms with van der Waals surface area (Å²) in [5, 5.41) is 8.95. The fraction of sp³-hybridized carbons (Fsp3) is 0.406. The summed E-state index contributed by atoms with van der Waals surface area (Å²) < 4.78 is 21.5. The highest BCUT2D eigenvalue weighted by atomic mass is 32.1. The van der Waals surface area contributed by atoms with Crippen molar-refractivity contribution in [2.45, 2.75) is 52.4 Å². The quantitative estimate of drug-likeness (QED) is 0.285. The van der Waals surface area contributed by atoms with Crippen LogP contribution in [0.15, 0.2) is 47.4 Å². The number of carbonyl (C=O) groups is 2. The van der Waals surface area contributed by atoms with Crippen LogP contribution in [0.5, 0.6) is 11.5 Å². The number of fused-ring (bicyclic) bond motifs is 3. The Morgan fingerprint density at radius 3 is 2.53 bits per heavy atom. The number of rotatable bonds is 4. The summed E-state index contributed by atoms with van der Waals surface area (Å²) in [7, 11) is 3.63. The summed E-state index contributed by atoms with van der Waals surface area (Å²) in [6.07, 6.45) is 3.66. The van der Waals surface area contributed by atoms with Crippen LogP contribution in [0.1, 0.15) is 50.7 Å². The molecular weight excluding hydrogens is 566 g/mol. The van der Waals surface area contributed by atoms with E-state index >= 15 is 0 Å². The van der Waals surface area contributed by atoms with Gasteiger partial charge in [-0.2, -0.15) is 16.4 Å². The molecule has 1 aromatic carbocycles. The molecule has 1 fully saturated rings. The van der Waals surface area contributed by atoms with Crippen molar-refractivity contribution < 1.29 is 23.8 Å². The molecule has 0 atom stereocenters. The smallest absolute Gasteiger partial charge is 0.410 e. The van der Waals surface area contributed by atoms with E-state index < -0.39 is 11.1 Å². The average Bonchev–Trinajstić information content (AvgIpc) is 3.70. The lowest BCUT2D eigenvalue weighted by atomic mass is 9.95. The summed E-state index contributed by atoms with van der Waals surface area (Å²) >= 11 is 1.57. The second-order valence-electron chi connectivity index (χ2n) is 12.6. The maximum absolute atomic E-state index is 14.3. The zero-order valence-electron chi connectivity index (χ0n) is 25.6. The summed E-state index contributed by atoms with van der Waals surface area (Å²) in [6, 6.07) is 8.00. The molecule has 2 amide bonds. The van der Waals surface area contributed by atoms with Crippen LogP contribution < -0.4 is 9.47 Å². The van der Waals surface area contributed by atoms with Gasteiger partial charge in [-0.15, -0.1) is 0 Å². The Morgan fingerprint density at radius 2 is 1.91 bits per heavy atom. The number of aromatic nitrogens is 3. The van der Waals surface area contributed by atoms with Crippen LogP contribution in [0.4, 0.5) is 4.79 Å². The molecule has 2 aliphatic heterocycles. The molecule has 1 saturated heterocycles. The van der Waals surface area contributed by atoms with E-state index in [9.17, 15) is 9.59 Å². The van der Waals surface area contributed by atoms with Crippen molar-refractivity contribution >= 4 is 23.3 Å². The van der Waals surface area contributed by atoms with Crippen molar-refractivity contribution in [1.82, 2.24) is 24.1 Å². The second kappa shape index (κ2) is 10.5. The predicted molar refractivity (Wildman–Crippen MR) is 165 cm³/mol. The van der Waals surface area contributed by atoms with E-state index in [0.717, 1.165) is 33.6 Å². The number of nitrogens with zero attached hydrogens (tertiary/aromatic N) is 5. The van der Waals surface area contributed by atoms with Gasteiger partial charge in [-0.05, 0) is 58.2 Å². The predicted octanol–water partition coefficient (Wildman–Crippen LogP) is 5.98. The highest BCUT2D eigenvalue weighted by molar-refractivity contribution is 7.08. The summed E-state index contributed by atoms with van der Waals surface area (Å²) in [5.74, 6) is 1.18. The molecule has 4 aromatic rings. The molecule has 11 heteroatoms. The molecule has 0 N–H and O–H groups in total. The highest BCUT2D eigenvalue weighted by Gasteiger charge is 2.42. The van der Waals surface area contributed by atoms with Gasteiger partial charge in [0.25, 0.3) is 5.91 Å². The minimum absolute atomic E-state index is 0.192. The van der Waals surface area contributed by atoms with E-state index in [4.69, 9.17) is 19.3 Å². The van der Waals surface area contributed by atoms with Gasteiger partial charge in [0.05, 0.1) is 24.0 Å². The molecule has 226 valence electrons. The minimum Gasteiger partial charge on any atom is -0.496 e. The Hall–Kier alpha value is -4.25. The summed E-state index contributed by atoms with van der Waals surface area (Å²) in [4.78, 5) is 30.6. The van der Waals surface area contributed by atoms with Gasteiger partial charge in [0.1, 0.15) is 23.7 Å². The van der Waals surface area contributed by atoms with Gasteiger partial charge in [-0.25, -0.2) is 9.48 Å². The molecule has 5 heterocycles. The van der Waals surface area contributed by atoms with Gasteiger partial charge < -0.3 is 28.6 Å². The largest absolute Gasteiger partial charge is 0.496 e. The molecule has 0 saturated carbocycles. The molecule has 0 bridgehead atoms. The molecule has 0 unspecified atom stereocenters. The van der Waals surface area contributed by atoms with Crippen molar-refractivity contribution in [3.8, 4) is 39.6 Å². The van der Waals surface area contributed by atoms with Crippen LogP contribution in [-0.4, -0.2) is 74.0 Å². The number of hydrogen-bond acceptors (Lipinski definition) is 7. The zero-order chi connectivity index (χ0) is 30.7. The third-order valence-electron chi connectivity index (χ3n) is 7.81. The van der Waals surface area contributed by atoms with Crippen molar-refractivity contribution in [3.63, 3.8) is 0 Å². The first-order valence-electron chi connectivity index (χ1n) is 14.3. The van der Waals surface area contributed by atoms with Crippen molar-refractivity contribution in [2.75, 3.05) is 26.7 Å². The van der Waals surface area contributed by atoms with Gasteiger partial charge in [0.15, 0.2) is 5.69 Å². The number of piperazine rings is 1. The second-order valence-corrected chi connectivity index (χ2v) is 13.4. The van der Waals surface area contributed by atoms with E-state index in [1.54, 1.807) is 23.3 Å². The molecule has 6 rings (SSSR count). The van der Waals surface area contributed by atoms with Crippen molar-refractivity contribution in [1.29, 1.82) is 0 Å². The van der Waals surface area contributed by atoms with Crippen LogP contribution in [-0.2, 0) is 18.4 Å². The van der Waals surface area contributed by atoms with Crippen LogP contribution >= 0.6 is 11.3 Å². The lowest BCUT2D eigenvalue weighted by Crippen LogP contribution is -2.62. The molecular formula is C32H37N5O5S. The molecule has 10 nitrogen and oxygen atoms in total. The molecule has 43 heavy (non-hydrogen) atoms. The van der Waals surface area contributed by atoms with Crippen molar-refractivity contribution in [3.05, 3.63) is 58.7 Å². The number of thiophene rings is 1. The van der Waals surface area contributed by atoms with Crippen LogP contribution in [0.2, 0.25) is 0 Å². The van der Waals surface area contributed by atoms with Crippen LogP contribution in [0.25, 0.3) is 28.1 Å². The maximum atomic E-state index is 14.3. The van der Waals surface area contributed by atoms with Crippen LogP contribution in [0.3, 0.4) is 0 Å². The van der Waals surface area contributed by atoms with Gasteiger partial charge in [-0.1, -0.05) is 0 Å². The standard InChI is InChI=1S/C32H37N5O5S/c1-31(2,3)42-30(39)35-11-12-36(32(4,5)19-35)29(38)27-24-17-41-26-15-25(40-7)22(20-8-10-34(6)16-20)14-23(26)28(24)37(33-27)21-9-13-43-18-21/h8-10,13-16,18H,11-12,17,19H2,1-7H3. The maximum Gasteiger partial charge on any atom is 0.410 e. The number of methoxy groups -OCH3 is 1. The summed E-state index contributed by atoms with van der Waals surface area (Å²) in [6.45, 7) is 10.8. The fourth-order valence-corrected chi connectivity index (χ4v) is 6.43. The Balaban J connectivity index is 1.41. The third kappa shape index (κ3) is 5.26. The van der Waals surface area contributed by atoms with Gasteiger partial charge in [-0.3, -0.25) is 4.79 Å². The first-order chi connectivity index (χ1) is 20.4. The number of benzene rings is 1. The van der Waals surface area contributed by atoms with E-state index in [2.05, 4.69) is 6.07 Å². The fourth-order valence-electron chi connectivity index (χ4n) is 5.81. The number of ether oxygens (including phenoxy) is 3. The monoisotopic (exact) mass is 603 g/mol. The van der Waals surface area contributed by atoms with Gasteiger partial charge in [0, 0.05) is 72.8 Å². The lowest BCUT2D eigenvalue weighted by molar-refractivity contribution is -0.0111. The van der Waals surface area contributed by atoms with E-state index in [-0.39, 0.29) is 18.6 Å². The van der Waals surface area contributed by atoms with Gasteiger partial charge in [0.2, 0.25) is 0 Å². The topological polar surface area (TPSA) is 91.1 Å². The Kier molecular flexibility index (Phi) is 7.03. The minimum atomic E-state index is -0.646. The Morgan fingerprint density at radius 1 is 1.12 bits per heavy atom. The molecule has 3 aromatic heterocycles. The van der Waals surface area contributed by atoms with E-state index in [1.807, 2.05) is 97.2 Å². The Labute approximate surface area is 255 Å². The normalized spacial score (nSPS) is 15.9. The number of aryl methyl sites for hydroxylation is 1. The average molecular weight is 604 g/mol. The van der Waals surface area contributed by atoms with E-state index in [0.29, 0.717) is 36.8 Å². The SMILES string of the molecule is COc1cc2c(cc1-c1ccn(C)c1)-c1c(c(C(=O)N3CCN(C(=O)OC(C)(C)C)CC3(C)C)nn1-c1ccsc1)CO2. The van der Waals surface area contributed by atoms with Gasteiger partial charge >= 0.3 is 6.09 Å². The zero-order valence-corrected chi connectivity index (χ0v) is 26.4. The number of carbonyl (C=O) groups excluding carboxylic acids is 2. The van der Waals surface area contributed by atoms with Crippen LogP contribution in [0, 0.1) is 0 Å². The lowest BCUT2D eigenvalue weighted by Gasteiger charge is -2.46. The molecule has 0 radical (unpaired) electrons. The molecule has 0 aliphatic carbocycles. The van der Waals surface area contributed by atoms with Crippen molar-refractivity contribution in [2.24, 2.45) is 7.05 Å². The Bertz CT molecular complexity index is 1700. The summed E-state index contributed by atoms with van der Waals surface area (Å²) in [5.41, 5.74) is 4.32. The highest BCUT2D eigenvalue weighted by Crippen LogP contribution is 2.46. The first-order valence-corrected chi connectivity index (χ1v) is 15.2. The number of hydrogen-bond donors (Lipinski definition) is 0. The van der Waals surface area contributed by atoms with E-state index in [1.165, 1.54) is 0 Å². The third-order valence-corrected chi connectivity index (χ3v) is 8.48.